The van der Waals surface area contributed by atoms with E-state index in [1.54, 1.807) is 11.8 Å². The average molecular weight is 299 g/mol. The number of anilines is 1. The van der Waals surface area contributed by atoms with Crippen LogP contribution in [0.2, 0.25) is 0 Å². The summed E-state index contributed by atoms with van der Waals surface area (Å²) in [5.41, 5.74) is 2.91. The summed E-state index contributed by atoms with van der Waals surface area (Å²) in [7, 11) is 0. The zero-order valence-corrected chi connectivity index (χ0v) is 12.5. The first-order valence-electron chi connectivity index (χ1n) is 6.16. The summed E-state index contributed by atoms with van der Waals surface area (Å²) in [6.45, 7) is 0. The Morgan fingerprint density at radius 2 is 1.90 bits per heavy atom. The molecule has 20 heavy (non-hydrogen) atoms. The number of fused-ring (bicyclic) bond motifs is 1. The molecule has 1 aromatic heterocycles. The van der Waals surface area contributed by atoms with Gasteiger partial charge in [0.05, 0.1) is 11.0 Å². The summed E-state index contributed by atoms with van der Waals surface area (Å²) in [6.07, 6.45) is 2.06. The molecular weight excluding hydrogens is 286 g/mol. The summed E-state index contributed by atoms with van der Waals surface area (Å²) >= 11 is 7.12. The van der Waals surface area contributed by atoms with E-state index in [9.17, 15) is 0 Å². The lowest BCUT2D eigenvalue weighted by molar-refractivity contribution is 1.33. The number of rotatable bonds is 3. The summed E-state index contributed by atoms with van der Waals surface area (Å²) < 4.78 is 0. The van der Waals surface area contributed by atoms with E-state index < -0.39 is 0 Å². The normalized spacial score (nSPS) is 10.7. The molecule has 5 heteroatoms. The summed E-state index contributed by atoms with van der Waals surface area (Å²) in [4.78, 5) is 9.54. The highest BCUT2D eigenvalue weighted by molar-refractivity contribution is 7.98. The Morgan fingerprint density at radius 3 is 2.60 bits per heavy atom. The third-order valence-corrected chi connectivity index (χ3v) is 4.05. The van der Waals surface area contributed by atoms with Gasteiger partial charge in [-0.25, -0.2) is 4.98 Å². The van der Waals surface area contributed by atoms with Crippen LogP contribution < -0.4 is 5.32 Å². The Kier molecular flexibility index (Phi) is 3.71. The molecule has 0 aliphatic heterocycles. The van der Waals surface area contributed by atoms with Crippen LogP contribution in [0.3, 0.4) is 0 Å². The number of hydrogen-bond acceptors (Lipinski definition) is 3. The maximum absolute atomic E-state index is 5.41. The molecule has 0 spiro atoms. The average Bonchev–Trinajstić information content (AvgIpc) is 2.89. The predicted octanol–water partition coefficient (Wildman–Crippen LogP) is 4.07. The van der Waals surface area contributed by atoms with Crippen LogP contribution in [-0.2, 0) is 0 Å². The van der Waals surface area contributed by atoms with Gasteiger partial charge in [0.2, 0.25) is 5.95 Å². The Hall–Kier alpha value is -1.85. The molecule has 3 rings (SSSR count). The van der Waals surface area contributed by atoms with Crippen LogP contribution in [0.1, 0.15) is 5.56 Å². The van der Waals surface area contributed by atoms with Gasteiger partial charge in [-0.05, 0) is 30.5 Å². The molecule has 0 unspecified atom stereocenters. The third-order valence-electron chi connectivity index (χ3n) is 2.97. The molecule has 0 aliphatic rings. The molecule has 0 amide bonds. The largest absolute Gasteiger partial charge is 0.324 e. The van der Waals surface area contributed by atoms with E-state index in [2.05, 4.69) is 33.7 Å². The van der Waals surface area contributed by atoms with Crippen molar-refractivity contribution in [3.05, 3.63) is 54.1 Å². The lowest BCUT2D eigenvalue weighted by Crippen LogP contribution is -2.11. The highest BCUT2D eigenvalue weighted by Gasteiger charge is 2.05. The SMILES string of the molecule is CSc1ccc(C(=S)Nc2nc3ccccc3[nH]2)cc1. The van der Waals surface area contributed by atoms with Gasteiger partial charge in [-0.2, -0.15) is 0 Å². The quantitative estimate of drug-likeness (QED) is 0.565. The van der Waals surface area contributed by atoms with Gasteiger partial charge in [-0.3, -0.25) is 0 Å². The minimum Gasteiger partial charge on any atom is -0.324 e. The number of aromatic amines is 1. The molecule has 3 nitrogen and oxygen atoms in total. The van der Waals surface area contributed by atoms with E-state index in [0.29, 0.717) is 10.9 Å². The van der Waals surface area contributed by atoms with Gasteiger partial charge in [-0.15, -0.1) is 11.8 Å². The van der Waals surface area contributed by atoms with Crippen LogP contribution in [0.5, 0.6) is 0 Å². The Morgan fingerprint density at radius 1 is 1.15 bits per heavy atom. The molecule has 0 atom stereocenters. The zero-order valence-electron chi connectivity index (χ0n) is 10.9. The number of hydrogen-bond donors (Lipinski definition) is 2. The fraction of sp³-hybridized carbons (Fsp3) is 0.0667. The highest BCUT2D eigenvalue weighted by Crippen LogP contribution is 2.17. The molecular formula is C15H13N3S2. The second-order valence-electron chi connectivity index (χ2n) is 4.29. The first-order valence-corrected chi connectivity index (χ1v) is 7.80. The van der Waals surface area contributed by atoms with Crippen LogP contribution in [0.4, 0.5) is 5.95 Å². The summed E-state index contributed by atoms with van der Waals surface area (Å²) in [6, 6.07) is 16.1. The van der Waals surface area contributed by atoms with Crippen molar-refractivity contribution in [2.75, 3.05) is 11.6 Å². The second-order valence-corrected chi connectivity index (χ2v) is 5.57. The summed E-state index contributed by atoms with van der Waals surface area (Å²) in [5.74, 6) is 0.671. The zero-order chi connectivity index (χ0) is 13.9. The molecule has 0 aliphatic carbocycles. The molecule has 1 heterocycles. The topological polar surface area (TPSA) is 40.7 Å². The van der Waals surface area contributed by atoms with E-state index in [-0.39, 0.29) is 0 Å². The predicted molar refractivity (Wildman–Crippen MR) is 89.6 cm³/mol. The number of nitrogens with one attached hydrogen (secondary N) is 2. The molecule has 0 bridgehead atoms. The summed E-state index contributed by atoms with van der Waals surface area (Å²) in [5, 5.41) is 3.14. The van der Waals surface area contributed by atoms with Crippen molar-refractivity contribution in [1.82, 2.24) is 9.97 Å². The van der Waals surface area contributed by atoms with Gasteiger partial charge >= 0.3 is 0 Å². The molecule has 100 valence electrons. The van der Waals surface area contributed by atoms with Crippen molar-refractivity contribution in [3.8, 4) is 0 Å². The number of H-pyrrole nitrogens is 1. The van der Waals surface area contributed by atoms with Crippen LogP contribution >= 0.6 is 24.0 Å². The number of aromatic nitrogens is 2. The smallest absolute Gasteiger partial charge is 0.206 e. The Balaban J connectivity index is 1.80. The number of benzene rings is 2. The van der Waals surface area contributed by atoms with Gasteiger partial charge in [0.15, 0.2) is 0 Å². The standard InChI is InChI=1S/C15H13N3S2/c1-20-11-8-6-10(7-9-11)14(19)18-15-16-12-4-2-3-5-13(12)17-15/h2-9H,1H3,(H2,16,17,18,19). The highest BCUT2D eigenvalue weighted by atomic mass is 32.2. The van der Waals surface area contributed by atoms with Gasteiger partial charge in [0.25, 0.3) is 0 Å². The fourth-order valence-electron chi connectivity index (χ4n) is 1.93. The van der Waals surface area contributed by atoms with E-state index in [0.717, 1.165) is 16.6 Å². The first-order chi connectivity index (χ1) is 9.76. The number of thioether (sulfide) groups is 1. The molecule has 0 saturated heterocycles. The van der Waals surface area contributed by atoms with Crippen molar-refractivity contribution in [2.24, 2.45) is 0 Å². The molecule has 2 N–H and O–H groups in total. The van der Waals surface area contributed by atoms with Gasteiger partial charge in [0, 0.05) is 10.5 Å². The third kappa shape index (κ3) is 2.69. The lowest BCUT2D eigenvalue weighted by Gasteiger charge is -2.05. The van der Waals surface area contributed by atoms with Crippen LogP contribution in [-0.4, -0.2) is 21.2 Å². The van der Waals surface area contributed by atoms with Gasteiger partial charge in [0.1, 0.15) is 4.99 Å². The van der Waals surface area contributed by atoms with Crippen molar-refractivity contribution in [2.45, 2.75) is 4.90 Å². The van der Waals surface area contributed by atoms with Gasteiger partial charge in [-0.1, -0.05) is 36.5 Å². The van der Waals surface area contributed by atoms with Crippen molar-refractivity contribution >= 4 is 46.0 Å². The number of imidazole rings is 1. The maximum Gasteiger partial charge on any atom is 0.206 e. The molecule has 0 radical (unpaired) electrons. The van der Waals surface area contributed by atoms with E-state index in [4.69, 9.17) is 12.2 Å². The monoisotopic (exact) mass is 299 g/mol. The number of nitrogens with zero attached hydrogens (tertiary/aromatic N) is 1. The number of thiocarbonyl (C=S) groups is 1. The number of para-hydroxylation sites is 2. The van der Waals surface area contributed by atoms with E-state index in [1.807, 2.05) is 36.4 Å². The van der Waals surface area contributed by atoms with Gasteiger partial charge < -0.3 is 10.3 Å². The molecule has 0 fully saturated rings. The first kappa shape index (κ1) is 13.1. The molecule has 0 saturated carbocycles. The minimum atomic E-state index is 0.664. The Labute approximate surface area is 126 Å². The van der Waals surface area contributed by atoms with Crippen molar-refractivity contribution < 1.29 is 0 Å². The maximum atomic E-state index is 5.41. The second kappa shape index (κ2) is 5.64. The van der Waals surface area contributed by atoms with Crippen molar-refractivity contribution in [1.29, 1.82) is 0 Å². The van der Waals surface area contributed by atoms with E-state index in [1.165, 1.54) is 4.90 Å². The van der Waals surface area contributed by atoms with Crippen LogP contribution in [0.15, 0.2) is 53.4 Å². The molecule has 3 aromatic rings. The fourth-order valence-corrected chi connectivity index (χ4v) is 2.58. The van der Waals surface area contributed by atoms with Crippen LogP contribution in [0, 0.1) is 0 Å². The lowest BCUT2D eigenvalue weighted by atomic mass is 10.2. The van der Waals surface area contributed by atoms with E-state index >= 15 is 0 Å². The molecule has 2 aromatic carbocycles. The van der Waals surface area contributed by atoms with Crippen molar-refractivity contribution in [3.63, 3.8) is 0 Å². The van der Waals surface area contributed by atoms with Crippen LogP contribution in [0.25, 0.3) is 11.0 Å². The minimum absolute atomic E-state index is 0.664. The Bertz CT molecular complexity index is 714.